The average molecular weight is 264 g/mol. The molecule has 0 spiro atoms. The van der Waals surface area contributed by atoms with Crippen LogP contribution in [0.3, 0.4) is 0 Å². The van der Waals surface area contributed by atoms with Crippen LogP contribution in [0.15, 0.2) is 36.6 Å². The van der Waals surface area contributed by atoms with E-state index in [1.165, 1.54) is 12.1 Å². The Hall–Kier alpha value is -2.50. The molecule has 0 saturated carbocycles. The average Bonchev–Trinajstić information content (AvgIpc) is 2.34. The van der Waals surface area contributed by atoms with Gasteiger partial charge >= 0.3 is 5.97 Å². The van der Waals surface area contributed by atoms with Crippen molar-refractivity contribution in [2.24, 2.45) is 0 Å². The van der Waals surface area contributed by atoms with Gasteiger partial charge in [0.2, 0.25) is 0 Å². The van der Waals surface area contributed by atoms with Crippen LogP contribution in [0, 0.1) is 0 Å². The van der Waals surface area contributed by atoms with Crippen molar-refractivity contribution >= 4 is 17.6 Å². The third-order valence-electron chi connectivity index (χ3n) is 2.50. The van der Waals surface area contributed by atoms with Gasteiger partial charge in [-0.3, -0.25) is 4.79 Å². The molecule has 102 valence electrons. The van der Waals surface area contributed by atoms with E-state index >= 15 is 0 Å². The molecule has 0 aliphatic carbocycles. The minimum absolute atomic E-state index is 0.0748. The maximum atomic E-state index is 11.8. The zero-order valence-corrected chi connectivity index (χ0v) is 10.3. The molecule has 19 heavy (non-hydrogen) atoms. The summed E-state index contributed by atoms with van der Waals surface area (Å²) < 4.78 is 0. The van der Waals surface area contributed by atoms with Gasteiger partial charge in [-0.25, -0.2) is 4.79 Å². The number of carbonyl (C=O) groups is 2. The second-order valence-electron chi connectivity index (χ2n) is 4.09. The molecule has 0 aromatic heterocycles. The molecule has 6 nitrogen and oxygen atoms in total. The van der Waals surface area contributed by atoms with Crippen LogP contribution in [0.25, 0.3) is 0 Å². The Morgan fingerprint density at radius 3 is 2.32 bits per heavy atom. The van der Waals surface area contributed by atoms with Crippen LogP contribution in [-0.4, -0.2) is 28.1 Å². The molecular weight excluding hydrogens is 248 g/mol. The Kier molecular flexibility index (Phi) is 4.93. The standard InChI is InChI=1S/C13H16N2O4/c1-8(16)2-7-11(13(18)19)15-12(17)9-3-5-10(14)6-4-9/h3-6,11,16H,1-2,7,14H2,(H,15,17)(H,18,19). The van der Waals surface area contributed by atoms with Gasteiger partial charge in [0.15, 0.2) is 0 Å². The van der Waals surface area contributed by atoms with Gasteiger partial charge in [0.05, 0.1) is 5.76 Å². The van der Waals surface area contributed by atoms with Gasteiger partial charge in [-0.1, -0.05) is 6.58 Å². The molecule has 1 rings (SSSR count). The summed E-state index contributed by atoms with van der Waals surface area (Å²) in [6.07, 6.45) is 0.185. The lowest BCUT2D eigenvalue weighted by Crippen LogP contribution is -2.40. The first kappa shape index (κ1) is 14.6. The van der Waals surface area contributed by atoms with E-state index < -0.39 is 17.9 Å². The number of nitrogens with one attached hydrogen (secondary N) is 1. The van der Waals surface area contributed by atoms with Gasteiger partial charge in [-0.2, -0.15) is 0 Å². The van der Waals surface area contributed by atoms with Gasteiger partial charge in [-0.05, 0) is 30.7 Å². The molecule has 1 unspecified atom stereocenters. The van der Waals surface area contributed by atoms with Gasteiger partial charge < -0.3 is 21.3 Å². The third-order valence-corrected chi connectivity index (χ3v) is 2.50. The minimum atomic E-state index is -1.16. The van der Waals surface area contributed by atoms with E-state index in [0.717, 1.165) is 0 Å². The number of rotatable bonds is 6. The zero-order valence-electron chi connectivity index (χ0n) is 10.3. The Morgan fingerprint density at radius 2 is 1.84 bits per heavy atom. The molecule has 0 fully saturated rings. The molecular formula is C13H16N2O4. The lowest BCUT2D eigenvalue weighted by Gasteiger charge is -2.14. The molecule has 0 heterocycles. The molecule has 0 aliphatic heterocycles. The topological polar surface area (TPSA) is 113 Å². The predicted molar refractivity (Wildman–Crippen MR) is 70.7 cm³/mol. The van der Waals surface area contributed by atoms with Crippen molar-refractivity contribution in [2.45, 2.75) is 18.9 Å². The highest BCUT2D eigenvalue weighted by Gasteiger charge is 2.20. The van der Waals surface area contributed by atoms with Crippen molar-refractivity contribution in [3.05, 3.63) is 42.2 Å². The van der Waals surface area contributed by atoms with Crippen molar-refractivity contribution in [3.8, 4) is 0 Å². The highest BCUT2D eigenvalue weighted by atomic mass is 16.4. The number of hydrogen-bond acceptors (Lipinski definition) is 4. The molecule has 0 bridgehead atoms. The van der Waals surface area contributed by atoms with Crippen LogP contribution in [0.2, 0.25) is 0 Å². The van der Waals surface area contributed by atoms with E-state index in [9.17, 15) is 9.59 Å². The summed E-state index contributed by atoms with van der Waals surface area (Å²) in [6.45, 7) is 3.27. The lowest BCUT2D eigenvalue weighted by molar-refractivity contribution is -0.139. The fourth-order valence-corrected chi connectivity index (χ4v) is 1.44. The predicted octanol–water partition coefficient (Wildman–Crippen LogP) is 1.30. The number of nitrogens with two attached hydrogens (primary N) is 1. The molecule has 1 aromatic rings. The summed E-state index contributed by atoms with van der Waals surface area (Å²) in [6, 6.07) is 5.05. The summed E-state index contributed by atoms with van der Waals surface area (Å²) in [5.41, 5.74) is 6.33. The number of allylic oxidation sites excluding steroid dienone is 1. The monoisotopic (exact) mass is 264 g/mol. The Balaban J connectivity index is 2.68. The largest absolute Gasteiger partial charge is 0.513 e. The first-order chi connectivity index (χ1) is 8.90. The van der Waals surface area contributed by atoms with Gasteiger partial charge in [0.25, 0.3) is 5.91 Å². The van der Waals surface area contributed by atoms with Crippen molar-refractivity contribution in [1.29, 1.82) is 0 Å². The SMILES string of the molecule is C=C(O)CCC(NC(=O)c1ccc(N)cc1)C(=O)O. The molecule has 0 radical (unpaired) electrons. The van der Waals surface area contributed by atoms with E-state index in [4.69, 9.17) is 15.9 Å². The minimum Gasteiger partial charge on any atom is -0.513 e. The van der Waals surface area contributed by atoms with Crippen molar-refractivity contribution in [1.82, 2.24) is 5.32 Å². The van der Waals surface area contributed by atoms with E-state index in [-0.39, 0.29) is 18.6 Å². The Bertz CT molecular complexity index is 482. The van der Waals surface area contributed by atoms with E-state index in [2.05, 4.69) is 11.9 Å². The number of hydrogen-bond donors (Lipinski definition) is 4. The van der Waals surface area contributed by atoms with Crippen molar-refractivity contribution in [2.75, 3.05) is 5.73 Å². The molecule has 6 heteroatoms. The maximum absolute atomic E-state index is 11.8. The maximum Gasteiger partial charge on any atom is 0.326 e. The number of amides is 1. The molecule has 1 atom stereocenters. The molecule has 1 aromatic carbocycles. The van der Waals surface area contributed by atoms with Crippen LogP contribution >= 0.6 is 0 Å². The Morgan fingerprint density at radius 1 is 1.26 bits per heavy atom. The number of aliphatic hydroxyl groups excluding tert-OH is 1. The fourth-order valence-electron chi connectivity index (χ4n) is 1.44. The fraction of sp³-hybridized carbons (Fsp3) is 0.231. The molecule has 0 saturated heterocycles. The number of aliphatic carboxylic acids is 1. The van der Waals surface area contributed by atoms with Crippen LogP contribution in [-0.2, 0) is 4.79 Å². The smallest absolute Gasteiger partial charge is 0.326 e. The van der Waals surface area contributed by atoms with Crippen molar-refractivity contribution in [3.63, 3.8) is 0 Å². The quantitative estimate of drug-likeness (QED) is 0.457. The first-order valence-electron chi connectivity index (χ1n) is 5.66. The molecule has 5 N–H and O–H groups in total. The number of carbonyl (C=O) groups excluding carboxylic acids is 1. The second-order valence-corrected chi connectivity index (χ2v) is 4.09. The highest BCUT2D eigenvalue weighted by molar-refractivity contribution is 5.96. The Labute approximate surface area is 110 Å². The highest BCUT2D eigenvalue weighted by Crippen LogP contribution is 2.08. The number of aliphatic hydroxyl groups is 1. The number of carboxylic acid groups (broad SMARTS) is 1. The zero-order chi connectivity index (χ0) is 14.4. The summed E-state index contributed by atoms with van der Waals surface area (Å²) in [5, 5.41) is 20.3. The number of carboxylic acids is 1. The summed E-state index contributed by atoms with van der Waals surface area (Å²) in [7, 11) is 0. The van der Waals surface area contributed by atoms with Crippen molar-refractivity contribution < 1.29 is 19.8 Å². The number of nitrogen functional groups attached to an aromatic ring is 1. The van der Waals surface area contributed by atoms with Crippen LogP contribution < -0.4 is 11.1 Å². The summed E-state index contributed by atoms with van der Waals surface area (Å²) >= 11 is 0. The second kappa shape index (κ2) is 6.44. The van der Waals surface area contributed by atoms with Gasteiger partial charge in [0, 0.05) is 17.7 Å². The van der Waals surface area contributed by atoms with Crippen LogP contribution in [0.4, 0.5) is 5.69 Å². The molecule has 1 amide bonds. The third kappa shape index (κ3) is 4.71. The summed E-state index contributed by atoms with van der Waals surface area (Å²) in [4.78, 5) is 22.8. The van der Waals surface area contributed by atoms with Gasteiger partial charge in [-0.15, -0.1) is 0 Å². The van der Waals surface area contributed by atoms with E-state index in [1.807, 2.05) is 0 Å². The van der Waals surface area contributed by atoms with Gasteiger partial charge in [0.1, 0.15) is 6.04 Å². The normalized spacial score (nSPS) is 11.6. The number of benzene rings is 1. The first-order valence-corrected chi connectivity index (χ1v) is 5.66. The molecule has 0 aliphatic rings. The van der Waals surface area contributed by atoms with Crippen LogP contribution in [0.1, 0.15) is 23.2 Å². The number of anilines is 1. The van der Waals surface area contributed by atoms with E-state index in [0.29, 0.717) is 11.3 Å². The van der Waals surface area contributed by atoms with Crippen LogP contribution in [0.5, 0.6) is 0 Å². The lowest BCUT2D eigenvalue weighted by atomic mass is 10.1. The van der Waals surface area contributed by atoms with E-state index in [1.54, 1.807) is 12.1 Å². The summed E-state index contributed by atoms with van der Waals surface area (Å²) in [5.74, 6) is -1.78.